The number of fused-ring (bicyclic) bond motifs is 2. The smallest absolute Gasteiger partial charge is 0.273 e. The largest absolute Gasteiger partial charge is 0.462 e. The van der Waals surface area contributed by atoms with E-state index in [0.717, 1.165) is 22.4 Å². The lowest BCUT2D eigenvalue weighted by atomic mass is 9.76. The summed E-state index contributed by atoms with van der Waals surface area (Å²) in [6.07, 6.45) is 3.97. The number of anilines is 1. The minimum absolute atomic E-state index is 0.115. The van der Waals surface area contributed by atoms with Crippen molar-refractivity contribution in [1.82, 2.24) is 0 Å². The number of halogens is 1. The fourth-order valence-electron chi connectivity index (χ4n) is 4.42. The Hall–Kier alpha value is -2.53. The van der Waals surface area contributed by atoms with Gasteiger partial charge in [0.05, 0.1) is 10.3 Å². The number of hydrogen-bond donors (Lipinski definition) is 0. The van der Waals surface area contributed by atoms with Gasteiger partial charge in [0.25, 0.3) is 5.69 Å². The first-order chi connectivity index (χ1) is 12.6. The minimum atomic E-state index is -0.736. The van der Waals surface area contributed by atoms with Gasteiger partial charge in [-0.15, -0.1) is 0 Å². The predicted octanol–water partition coefficient (Wildman–Crippen LogP) is 5.39. The highest BCUT2D eigenvalue weighted by Gasteiger charge is 2.58. The topological polar surface area (TPSA) is 55.6 Å². The third kappa shape index (κ3) is 2.18. The molecule has 2 heterocycles. The Morgan fingerprint density at radius 1 is 1.22 bits per heavy atom. The van der Waals surface area contributed by atoms with E-state index in [9.17, 15) is 10.1 Å². The SMILES string of the molecule is Cc1cc([N+](=O)[O-])c(C)c2c1OC1(C=C2)N(C)c2ccc(Cl)cc2C1(C)C. The van der Waals surface area contributed by atoms with Gasteiger partial charge < -0.3 is 9.64 Å². The molecule has 0 saturated carbocycles. The molecule has 0 radical (unpaired) electrons. The van der Waals surface area contributed by atoms with E-state index < -0.39 is 5.72 Å². The van der Waals surface area contributed by atoms with Crippen molar-refractivity contribution < 1.29 is 9.66 Å². The quantitative estimate of drug-likeness (QED) is 0.488. The zero-order valence-corrected chi connectivity index (χ0v) is 16.7. The highest BCUT2D eigenvalue weighted by atomic mass is 35.5. The second-order valence-electron chi connectivity index (χ2n) is 7.81. The number of nitrogens with zero attached hydrogens (tertiary/aromatic N) is 2. The first-order valence-corrected chi connectivity index (χ1v) is 9.18. The molecule has 0 fully saturated rings. The number of nitro groups is 1. The zero-order chi connectivity index (χ0) is 19.7. The van der Waals surface area contributed by atoms with Crippen molar-refractivity contribution in [2.75, 3.05) is 11.9 Å². The van der Waals surface area contributed by atoms with Gasteiger partial charge in [-0.1, -0.05) is 11.6 Å². The summed E-state index contributed by atoms with van der Waals surface area (Å²) in [6.45, 7) is 7.88. The van der Waals surface area contributed by atoms with Crippen LogP contribution in [0.5, 0.6) is 5.75 Å². The van der Waals surface area contributed by atoms with E-state index in [0.29, 0.717) is 16.3 Å². The summed E-state index contributed by atoms with van der Waals surface area (Å²) in [6, 6.07) is 7.47. The van der Waals surface area contributed by atoms with Crippen LogP contribution in [0.3, 0.4) is 0 Å². The zero-order valence-electron chi connectivity index (χ0n) is 16.0. The van der Waals surface area contributed by atoms with Crippen LogP contribution in [0.15, 0.2) is 30.3 Å². The van der Waals surface area contributed by atoms with Crippen LogP contribution in [0.25, 0.3) is 6.08 Å². The number of rotatable bonds is 1. The van der Waals surface area contributed by atoms with Crippen molar-refractivity contribution >= 4 is 29.1 Å². The van der Waals surface area contributed by atoms with E-state index in [1.54, 1.807) is 13.0 Å². The maximum Gasteiger partial charge on any atom is 0.273 e. The van der Waals surface area contributed by atoms with Gasteiger partial charge in [0.1, 0.15) is 5.75 Å². The molecule has 27 heavy (non-hydrogen) atoms. The number of benzene rings is 2. The summed E-state index contributed by atoms with van der Waals surface area (Å²) in [4.78, 5) is 13.1. The molecule has 0 N–H and O–H groups in total. The van der Waals surface area contributed by atoms with Crippen LogP contribution in [-0.4, -0.2) is 17.7 Å². The molecule has 6 heteroatoms. The Balaban J connectivity index is 1.92. The molecular weight excluding hydrogens is 364 g/mol. The van der Waals surface area contributed by atoms with Crippen molar-refractivity contribution in [1.29, 1.82) is 0 Å². The van der Waals surface area contributed by atoms with E-state index in [1.807, 2.05) is 44.3 Å². The Bertz CT molecular complexity index is 1030. The Morgan fingerprint density at radius 3 is 2.59 bits per heavy atom. The molecule has 0 bridgehead atoms. The van der Waals surface area contributed by atoms with Crippen LogP contribution in [0.2, 0.25) is 5.02 Å². The Labute approximate surface area is 163 Å². The van der Waals surface area contributed by atoms with Crippen molar-refractivity contribution in [2.45, 2.75) is 38.8 Å². The van der Waals surface area contributed by atoms with E-state index in [-0.39, 0.29) is 16.0 Å². The Kier molecular flexibility index (Phi) is 3.63. The first-order valence-electron chi connectivity index (χ1n) is 8.81. The molecule has 0 aliphatic carbocycles. The molecule has 0 aromatic heterocycles. The number of aryl methyl sites for hydroxylation is 1. The summed E-state index contributed by atoms with van der Waals surface area (Å²) < 4.78 is 6.65. The summed E-state index contributed by atoms with van der Waals surface area (Å²) in [5.41, 5.74) is 3.32. The monoisotopic (exact) mass is 384 g/mol. The Morgan fingerprint density at radius 2 is 1.93 bits per heavy atom. The third-order valence-electron chi connectivity index (χ3n) is 6.06. The molecule has 0 saturated heterocycles. The summed E-state index contributed by atoms with van der Waals surface area (Å²) in [5, 5.41) is 12.1. The van der Waals surface area contributed by atoms with Crippen LogP contribution in [0.4, 0.5) is 11.4 Å². The number of hydrogen-bond acceptors (Lipinski definition) is 4. The van der Waals surface area contributed by atoms with Gasteiger partial charge >= 0.3 is 0 Å². The molecule has 0 amide bonds. The van der Waals surface area contributed by atoms with Crippen molar-refractivity contribution in [2.24, 2.45) is 0 Å². The van der Waals surface area contributed by atoms with Gasteiger partial charge in [0.2, 0.25) is 5.72 Å². The molecular formula is C21H21ClN2O3. The van der Waals surface area contributed by atoms with E-state index in [2.05, 4.69) is 18.7 Å². The van der Waals surface area contributed by atoms with Gasteiger partial charge in [0.15, 0.2) is 0 Å². The number of likely N-dealkylation sites (N-methyl/N-ethyl adjacent to an activating group) is 1. The van der Waals surface area contributed by atoms with Crippen molar-refractivity contribution in [3.8, 4) is 5.75 Å². The molecule has 1 spiro atoms. The maximum absolute atomic E-state index is 11.4. The lowest BCUT2D eigenvalue weighted by Gasteiger charge is -2.46. The molecule has 2 aromatic rings. The van der Waals surface area contributed by atoms with Gasteiger partial charge in [-0.05, 0) is 69.2 Å². The number of nitro benzene ring substituents is 1. The molecule has 2 aliphatic rings. The standard InChI is InChI=1S/C21H21ClN2O3/c1-12-10-18(24(25)26)13(2)15-8-9-21(27-19(12)15)20(3,4)16-11-14(22)6-7-17(16)23(21)5/h6-11H,1-5H3. The minimum Gasteiger partial charge on any atom is -0.462 e. The van der Waals surface area contributed by atoms with Gasteiger partial charge in [-0.2, -0.15) is 0 Å². The van der Waals surface area contributed by atoms with Crippen LogP contribution >= 0.6 is 11.6 Å². The summed E-state index contributed by atoms with van der Waals surface area (Å²) in [5.74, 6) is 0.694. The lowest BCUT2D eigenvalue weighted by Crippen LogP contribution is -2.58. The summed E-state index contributed by atoms with van der Waals surface area (Å²) in [7, 11) is 2.00. The van der Waals surface area contributed by atoms with Crippen molar-refractivity contribution in [3.05, 3.63) is 67.7 Å². The lowest BCUT2D eigenvalue weighted by molar-refractivity contribution is -0.385. The number of ether oxygens (including phenoxy) is 1. The first kappa shape index (κ1) is 17.9. The summed E-state index contributed by atoms with van der Waals surface area (Å²) >= 11 is 6.26. The van der Waals surface area contributed by atoms with Crippen molar-refractivity contribution in [3.63, 3.8) is 0 Å². The van der Waals surface area contributed by atoms with Crippen LogP contribution in [-0.2, 0) is 5.41 Å². The molecule has 5 nitrogen and oxygen atoms in total. The second-order valence-corrected chi connectivity index (χ2v) is 8.25. The predicted molar refractivity (Wildman–Crippen MR) is 108 cm³/mol. The molecule has 2 aromatic carbocycles. The van der Waals surface area contributed by atoms with E-state index in [4.69, 9.17) is 16.3 Å². The van der Waals surface area contributed by atoms with Crippen LogP contribution in [0, 0.1) is 24.0 Å². The molecule has 140 valence electrons. The highest BCUT2D eigenvalue weighted by molar-refractivity contribution is 6.30. The maximum atomic E-state index is 11.4. The average molecular weight is 385 g/mol. The third-order valence-corrected chi connectivity index (χ3v) is 6.30. The highest BCUT2D eigenvalue weighted by Crippen LogP contribution is 2.55. The van der Waals surface area contributed by atoms with E-state index >= 15 is 0 Å². The molecule has 2 aliphatic heterocycles. The van der Waals surface area contributed by atoms with Gasteiger partial charge in [-0.25, -0.2) is 0 Å². The molecule has 4 rings (SSSR count). The van der Waals surface area contributed by atoms with E-state index in [1.165, 1.54) is 0 Å². The van der Waals surface area contributed by atoms with Crippen LogP contribution in [0.1, 0.15) is 36.1 Å². The van der Waals surface area contributed by atoms with Crippen LogP contribution < -0.4 is 9.64 Å². The molecule has 1 unspecified atom stereocenters. The normalized spacial score (nSPS) is 21.8. The fourth-order valence-corrected chi connectivity index (χ4v) is 4.59. The van der Waals surface area contributed by atoms with Gasteiger partial charge in [-0.3, -0.25) is 10.1 Å². The van der Waals surface area contributed by atoms with Gasteiger partial charge in [0, 0.05) is 35.0 Å². The fraction of sp³-hybridized carbons (Fsp3) is 0.333. The molecule has 1 atom stereocenters. The second kappa shape index (κ2) is 5.49. The average Bonchev–Trinajstić information content (AvgIpc) is 2.76.